The number of anilines is 1. The number of rotatable bonds is 6. The number of nitrogens with one attached hydrogen (secondary N) is 1. The highest BCUT2D eigenvalue weighted by molar-refractivity contribution is 5.92. The second-order valence-corrected chi connectivity index (χ2v) is 5.34. The molecule has 1 aromatic heterocycles. The molecule has 0 aliphatic heterocycles. The normalized spacial score (nSPS) is 21.8. The molecular weight excluding hydrogens is 270 g/mol. The first-order valence-corrected chi connectivity index (χ1v) is 7.33. The number of nitrogens with two attached hydrogens (primary N) is 1. The summed E-state index contributed by atoms with van der Waals surface area (Å²) in [5, 5.41) is 2.89. The molecule has 0 radical (unpaired) electrons. The fourth-order valence-electron chi connectivity index (χ4n) is 2.48. The molecule has 6 heteroatoms. The molecule has 1 aliphatic carbocycles. The molecule has 2 atom stereocenters. The highest BCUT2D eigenvalue weighted by Gasteiger charge is 2.25. The van der Waals surface area contributed by atoms with E-state index in [2.05, 4.69) is 10.3 Å². The number of carbonyl (C=O) groups is 1. The van der Waals surface area contributed by atoms with Crippen LogP contribution in [0.3, 0.4) is 0 Å². The highest BCUT2D eigenvalue weighted by Crippen LogP contribution is 2.24. The van der Waals surface area contributed by atoms with Gasteiger partial charge in [-0.1, -0.05) is 6.42 Å². The molecule has 2 rings (SSSR count). The molecule has 0 spiro atoms. The van der Waals surface area contributed by atoms with E-state index in [0.29, 0.717) is 24.8 Å². The zero-order valence-corrected chi connectivity index (χ0v) is 12.4. The summed E-state index contributed by atoms with van der Waals surface area (Å²) in [5.41, 5.74) is 6.59. The van der Waals surface area contributed by atoms with Gasteiger partial charge in [0.25, 0.3) is 0 Å². The molecule has 1 heterocycles. The fourth-order valence-corrected chi connectivity index (χ4v) is 2.48. The summed E-state index contributed by atoms with van der Waals surface area (Å²) in [5.74, 6) is 0.552. The third kappa shape index (κ3) is 4.99. The van der Waals surface area contributed by atoms with Crippen LogP contribution in [-0.2, 0) is 9.53 Å². The minimum Gasteiger partial charge on any atom is -0.475 e. The summed E-state index contributed by atoms with van der Waals surface area (Å²) in [7, 11) is 1.62. The molecule has 3 N–H and O–H groups in total. The summed E-state index contributed by atoms with van der Waals surface area (Å²) < 4.78 is 10.3. The Morgan fingerprint density at radius 3 is 2.95 bits per heavy atom. The van der Waals surface area contributed by atoms with Crippen molar-refractivity contribution in [2.75, 3.05) is 25.6 Å². The minimum absolute atomic E-state index is 0.00591. The molecule has 0 saturated heterocycles. The molecule has 1 aliphatic rings. The molecule has 1 amide bonds. The zero-order chi connectivity index (χ0) is 15.1. The smallest absolute Gasteiger partial charge is 0.227 e. The molecule has 21 heavy (non-hydrogen) atoms. The van der Waals surface area contributed by atoms with Gasteiger partial charge in [0.1, 0.15) is 6.61 Å². The van der Waals surface area contributed by atoms with Gasteiger partial charge in [0, 0.05) is 25.1 Å². The van der Waals surface area contributed by atoms with E-state index in [-0.39, 0.29) is 17.9 Å². The monoisotopic (exact) mass is 293 g/mol. The van der Waals surface area contributed by atoms with Crippen LogP contribution in [0.1, 0.15) is 25.7 Å². The molecule has 0 aromatic carbocycles. The number of hydrogen-bond donors (Lipinski definition) is 2. The molecule has 1 aromatic rings. The molecule has 116 valence electrons. The first kappa shape index (κ1) is 15.7. The van der Waals surface area contributed by atoms with Crippen LogP contribution in [0.25, 0.3) is 0 Å². The maximum atomic E-state index is 12.2. The second kappa shape index (κ2) is 7.95. The van der Waals surface area contributed by atoms with Gasteiger partial charge in [-0.15, -0.1) is 0 Å². The van der Waals surface area contributed by atoms with Crippen molar-refractivity contribution in [2.24, 2.45) is 11.7 Å². The zero-order valence-electron chi connectivity index (χ0n) is 12.4. The lowest BCUT2D eigenvalue weighted by Gasteiger charge is -2.25. The van der Waals surface area contributed by atoms with Gasteiger partial charge in [-0.05, 0) is 25.3 Å². The molecule has 6 nitrogen and oxygen atoms in total. The van der Waals surface area contributed by atoms with E-state index < -0.39 is 0 Å². The maximum absolute atomic E-state index is 12.2. The Bertz CT molecular complexity index is 450. The van der Waals surface area contributed by atoms with Crippen LogP contribution in [0.2, 0.25) is 0 Å². The van der Waals surface area contributed by atoms with Gasteiger partial charge in [0.15, 0.2) is 0 Å². The van der Waals surface area contributed by atoms with Gasteiger partial charge in [0.05, 0.1) is 18.5 Å². The average molecular weight is 293 g/mol. The van der Waals surface area contributed by atoms with Crippen LogP contribution < -0.4 is 15.8 Å². The predicted molar refractivity (Wildman–Crippen MR) is 80.2 cm³/mol. The van der Waals surface area contributed by atoms with Crippen molar-refractivity contribution in [1.29, 1.82) is 0 Å². The van der Waals surface area contributed by atoms with Crippen LogP contribution in [0.5, 0.6) is 5.88 Å². The van der Waals surface area contributed by atoms with Crippen LogP contribution in [0.15, 0.2) is 18.3 Å². The Hall–Kier alpha value is -1.66. The van der Waals surface area contributed by atoms with Crippen molar-refractivity contribution in [3.63, 3.8) is 0 Å². The summed E-state index contributed by atoms with van der Waals surface area (Å²) in [6.45, 7) is 0.970. The van der Waals surface area contributed by atoms with Gasteiger partial charge >= 0.3 is 0 Å². The van der Waals surface area contributed by atoms with Crippen molar-refractivity contribution < 1.29 is 14.3 Å². The van der Waals surface area contributed by atoms with E-state index in [9.17, 15) is 4.79 Å². The van der Waals surface area contributed by atoms with E-state index in [1.54, 1.807) is 25.4 Å². The number of hydrogen-bond acceptors (Lipinski definition) is 5. The molecule has 0 bridgehead atoms. The van der Waals surface area contributed by atoms with Crippen molar-refractivity contribution in [2.45, 2.75) is 31.7 Å². The summed E-state index contributed by atoms with van der Waals surface area (Å²) >= 11 is 0. The first-order chi connectivity index (χ1) is 10.2. The van der Waals surface area contributed by atoms with Crippen molar-refractivity contribution in [3.05, 3.63) is 18.3 Å². The lowest BCUT2D eigenvalue weighted by Crippen LogP contribution is -2.34. The van der Waals surface area contributed by atoms with Gasteiger partial charge in [-0.2, -0.15) is 0 Å². The predicted octanol–water partition coefficient (Wildman–Crippen LogP) is 1.56. The second-order valence-electron chi connectivity index (χ2n) is 5.34. The van der Waals surface area contributed by atoms with Crippen LogP contribution in [0, 0.1) is 5.92 Å². The molecule has 1 saturated carbocycles. The third-order valence-electron chi connectivity index (χ3n) is 3.63. The Balaban J connectivity index is 1.83. The highest BCUT2D eigenvalue weighted by atomic mass is 16.5. The number of ether oxygens (including phenoxy) is 2. The van der Waals surface area contributed by atoms with Crippen molar-refractivity contribution in [1.82, 2.24) is 4.98 Å². The van der Waals surface area contributed by atoms with E-state index in [0.717, 1.165) is 25.7 Å². The van der Waals surface area contributed by atoms with E-state index in [1.165, 1.54) is 0 Å². The Kier molecular flexibility index (Phi) is 5.95. The van der Waals surface area contributed by atoms with Gasteiger partial charge in [-0.3, -0.25) is 4.79 Å². The fraction of sp³-hybridized carbons (Fsp3) is 0.600. The number of methoxy groups -OCH3 is 1. The molecular formula is C15H23N3O3. The average Bonchev–Trinajstić information content (AvgIpc) is 2.49. The standard InChI is InChI=1S/C15H23N3O3/c1-20-7-8-21-14-6-5-13(10-17-14)18-15(19)11-3-2-4-12(16)9-11/h5-6,10-12H,2-4,7-9,16H2,1H3,(H,18,19). The Morgan fingerprint density at radius 1 is 1.43 bits per heavy atom. The summed E-state index contributed by atoms with van der Waals surface area (Å²) in [4.78, 5) is 16.3. The van der Waals surface area contributed by atoms with E-state index in [1.807, 2.05) is 0 Å². The van der Waals surface area contributed by atoms with Gasteiger partial charge < -0.3 is 20.5 Å². The Labute approximate surface area is 125 Å². The lowest BCUT2D eigenvalue weighted by atomic mass is 9.85. The number of carbonyl (C=O) groups excluding carboxylic acids is 1. The largest absolute Gasteiger partial charge is 0.475 e. The Morgan fingerprint density at radius 2 is 2.29 bits per heavy atom. The van der Waals surface area contributed by atoms with E-state index in [4.69, 9.17) is 15.2 Å². The van der Waals surface area contributed by atoms with Crippen molar-refractivity contribution in [3.8, 4) is 5.88 Å². The van der Waals surface area contributed by atoms with Crippen LogP contribution >= 0.6 is 0 Å². The topological polar surface area (TPSA) is 86.5 Å². The maximum Gasteiger partial charge on any atom is 0.227 e. The number of nitrogens with zero attached hydrogens (tertiary/aromatic N) is 1. The minimum atomic E-state index is 0.00591. The summed E-state index contributed by atoms with van der Waals surface area (Å²) in [6.07, 6.45) is 5.30. The number of aromatic nitrogens is 1. The summed E-state index contributed by atoms with van der Waals surface area (Å²) in [6, 6.07) is 3.66. The lowest BCUT2D eigenvalue weighted by molar-refractivity contribution is -0.120. The number of amides is 1. The van der Waals surface area contributed by atoms with E-state index >= 15 is 0 Å². The SMILES string of the molecule is COCCOc1ccc(NC(=O)C2CCCC(N)C2)cn1. The quantitative estimate of drug-likeness (QED) is 0.777. The number of pyridine rings is 1. The first-order valence-electron chi connectivity index (χ1n) is 7.33. The van der Waals surface area contributed by atoms with Crippen molar-refractivity contribution >= 4 is 11.6 Å². The van der Waals surface area contributed by atoms with Gasteiger partial charge in [-0.25, -0.2) is 4.98 Å². The van der Waals surface area contributed by atoms with Gasteiger partial charge in [0.2, 0.25) is 11.8 Å². The molecule has 2 unspecified atom stereocenters. The third-order valence-corrected chi connectivity index (χ3v) is 3.63. The van der Waals surface area contributed by atoms with Crippen LogP contribution in [0.4, 0.5) is 5.69 Å². The molecule has 1 fully saturated rings. The van der Waals surface area contributed by atoms with Crippen LogP contribution in [-0.4, -0.2) is 37.3 Å².